The van der Waals surface area contributed by atoms with E-state index in [2.05, 4.69) is 46.6 Å². The van der Waals surface area contributed by atoms with E-state index in [0.29, 0.717) is 51.1 Å². The van der Waals surface area contributed by atoms with Crippen LogP contribution in [0.3, 0.4) is 0 Å². The van der Waals surface area contributed by atoms with Crippen LogP contribution in [-0.2, 0) is 6.54 Å². The molecule has 0 unspecified atom stereocenters. The van der Waals surface area contributed by atoms with E-state index in [9.17, 15) is 5.26 Å². The average Bonchev–Trinajstić information content (AvgIpc) is 3.57. The predicted molar refractivity (Wildman–Crippen MR) is 131 cm³/mol. The first-order chi connectivity index (χ1) is 18.1. The average molecular weight is 487 g/mol. The zero-order valence-electron chi connectivity index (χ0n) is 19.4. The molecular formula is C24H17N13. The van der Waals surface area contributed by atoms with Gasteiger partial charge >= 0.3 is 0 Å². The Kier molecular flexibility index (Phi) is 5.23. The van der Waals surface area contributed by atoms with Crippen molar-refractivity contribution in [1.29, 1.82) is 5.26 Å². The highest BCUT2D eigenvalue weighted by Crippen LogP contribution is 2.35. The van der Waals surface area contributed by atoms with E-state index in [-0.39, 0.29) is 12.5 Å². The Morgan fingerprint density at radius 3 is 2.70 bits per heavy atom. The third-order valence-electron chi connectivity index (χ3n) is 5.64. The van der Waals surface area contributed by atoms with Crippen molar-refractivity contribution < 1.29 is 0 Å². The van der Waals surface area contributed by atoms with Gasteiger partial charge in [0.05, 0.1) is 28.6 Å². The van der Waals surface area contributed by atoms with E-state index >= 15 is 0 Å². The number of tetrazole rings is 1. The lowest BCUT2D eigenvalue weighted by molar-refractivity contribution is 0.627. The molecule has 5 aromatic heterocycles. The number of aromatic nitrogens is 11. The van der Waals surface area contributed by atoms with E-state index in [0.717, 1.165) is 5.69 Å². The van der Waals surface area contributed by atoms with Crippen molar-refractivity contribution in [2.75, 3.05) is 5.73 Å². The number of anilines is 1. The van der Waals surface area contributed by atoms with Crippen molar-refractivity contribution in [3.63, 3.8) is 0 Å². The highest BCUT2D eigenvalue weighted by atomic mass is 15.5. The molecule has 0 aliphatic rings. The number of nitrogen functional groups attached to an aromatic ring is 1. The number of rotatable bonds is 5. The molecule has 6 rings (SSSR count). The minimum absolute atomic E-state index is 0.103. The molecule has 5 heterocycles. The molecule has 13 heteroatoms. The number of pyridine rings is 1. The van der Waals surface area contributed by atoms with E-state index in [4.69, 9.17) is 10.7 Å². The summed E-state index contributed by atoms with van der Waals surface area (Å²) in [4.78, 5) is 22.3. The second kappa shape index (κ2) is 8.86. The van der Waals surface area contributed by atoms with Crippen LogP contribution in [0.25, 0.3) is 39.7 Å². The zero-order valence-corrected chi connectivity index (χ0v) is 19.4. The predicted octanol–water partition coefficient (Wildman–Crippen LogP) is 2.11. The lowest BCUT2D eigenvalue weighted by Gasteiger charge is -2.12. The summed E-state index contributed by atoms with van der Waals surface area (Å²) < 4.78 is 3.01. The Bertz CT molecular complexity index is 1800. The van der Waals surface area contributed by atoms with Crippen molar-refractivity contribution in [1.82, 2.24) is 54.7 Å². The Morgan fingerprint density at radius 1 is 1.00 bits per heavy atom. The van der Waals surface area contributed by atoms with E-state index < -0.39 is 0 Å². The molecule has 178 valence electrons. The number of nitriles is 1. The Labute approximate surface area is 209 Å². The lowest BCUT2D eigenvalue weighted by Crippen LogP contribution is -2.08. The fourth-order valence-corrected chi connectivity index (χ4v) is 4.02. The highest BCUT2D eigenvalue weighted by molar-refractivity contribution is 5.90. The quantitative estimate of drug-likeness (QED) is 0.377. The summed E-state index contributed by atoms with van der Waals surface area (Å²) in [6.45, 7) is 2.06. The van der Waals surface area contributed by atoms with Crippen LogP contribution in [0.4, 0.5) is 5.95 Å². The molecule has 37 heavy (non-hydrogen) atoms. The fourth-order valence-electron chi connectivity index (χ4n) is 4.02. The van der Waals surface area contributed by atoms with Gasteiger partial charge in [0.25, 0.3) is 0 Å². The molecule has 0 radical (unpaired) electrons. The first kappa shape index (κ1) is 21.9. The van der Waals surface area contributed by atoms with Crippen molar-refractivity contribution in [3.05, 3.63) is 78.1 Å². The topological polar surface area (TPSA) is 175 Å². The number of nitrogens with zero attached hydrogens (tertiary/aromatic N) is 12. The summed E-state index contributed by atoms with van der Waals surface area (Å²) in [7, 11) is 0. The van der Waals surface area contributed by atoms with Gasteiger partial charge in [0.15, 0.2) is 11.5 Å². The molecule has 0 saturated heterocycles. The van der Waals surface area contributed by atoms with Gasteiger partial charge in [0.2, 0.25) is 11.8 Å². The standard InChI is InChI=1S/C24H17N13/c1-14-5-4-8-18(29-14)22-32-34-35-36(22)12-19-30-23-20(17-9-10-27-13-28-17)21(31-24(26)37(23)33-19)16-7-3-2-6-15(16)11-25/h2-10,13H,12H2,1H3,(H2,26,31). The molecule has 13 nitrogen and oxygen atoms in total. The third-order valence-corrected chi connectivity index (χ3v) is 5.64. The van der Waals surface area contributed by atoms with Gasteiger partial charge in [-0.3, -0.25) is 0 Å². The van der Waals surface area contributed by atoms with Crippen molar-refractivity contribution in [2.24, 2.45) is 0 Å². The smallest absolute Gasteiger partial charge is 0.223 e. The molecule has 0 spiro atoms. The fraction of sp³-hybridized carbons (Fsp3) is 0.0833. The molecule has 0 aliphatic heterocycles. The van der Waals surface area contributed by atoms with Crippen molar-refractivity contribution >= 4 is 11.6 Å². The summed E-state index contributed by atoms with van der Waals surface area (Å²) in [6, 6.07) is 16.7. The Hall–Kier alpha value is -5.64. The molecule has 1 aromatic carbocycles. The number of aryl methyl sites for hydroxylation is 1. The number of fused-ring (bicyclic) bond motifs is 1. The Balaban J connectivity index is 1.53. The van der Waals surface area contributed by atoms with E-state index in [1.54, 1.807) is 35.1 Å². The molecular weight excluding hydrogens is 470 g/mol. The van der Waals surface area contributed by atoms with Gasteiger partial charge in [-0.25, -0.2) is 29.6 Å². The normalized spacial score (nSPS) is 11.0. The Morgan fingerprint density at radius 2 is 1.89 bits per heavy atom. The van der Waals surface area contributed by atoms with Crippen LogP contribution in [-0.4, -0.2) is 54.7 Å². The van der Waals surface area contributed by atoms with E-state index in [1.807, 2.05) is 31.2 Å². The number of hydrogen-bond acceptors (Lipinski definition) is 11. The van der Waals surface area contributed by atoms with Crippen LogP contribution >= 0.6 is 0 Å². The van der Waals surface area contributed by atoms with Crippen LogP contribution in [0.15, 0.2) is 61.1 Å². The maximum atomic E-state index is 9.71. The molecule has 2 N–H and O–H groups in total. The number of benzene rings is 1. The molecule has 0 fully saturated rings. The van der Waals surface area contributed by atoms with Gasteiger partial charge in [-0.2, -0.15) is 9.78 Å². The van der Waals surface area contributed by atoms with Crippen LogP contribution in [0.1, 0.15) is 17.1 Å². The second-order valence-corrected chi connectivity index (χ2v) is 8.03. The lowest BCUT2D eigenvalue weighted by atomic mass is 9.99. The second-order valence-electron chi connectivity index (χ2n) is 8.03. The van der Waals surface area contributed by atoms with E-state index in [1.165, 1.54) is 10.8 Å². The van der Waals surface area contributed by atoms with Gasteiger partial charge in [-0.1, -0.05) is 24.3 Å². The zero-order chi connectivity index (χ0) is 25.4. The first-order valence-electron chi connectivity index (χ1n) is 11.1. The summed E-state index contributed by atoms with van der Waals surface area (Å²) in [6.07, 6.45) is 3.05. The van der Waals surface area contributed by atoms with Gasteiger partial charge in [0, 0.05) is 17.5 Å². The molecule has 6 aromatic rings. The van der Waals surface area contributed by atoms with Crippen LogP contribution in [0, 0.1) is 18.3 Å². The maximum Gasteiger partial charge on any atom is 0.223 e. The van der Waals surface area contributed by atoms with Crippen LogP contribution in [0.5, 0.6) is 0 Å². The van der Waals surface area contributed by atoms with Gasteiger partial charge in [-0.05, 0) is 41.6 Å². The molecule has 0 aliphatic carbocycles. The largest absolute Gasteiger partial charge is 0.368 e. The number of hydrogen-bond donors (Lipinski definition) is 1. The molecule has 0 atom stereocenters. The van der Waals surface area contributed by atoms with Gasteiger partial charge in [-0.15, -0.1) is 10.2 Å². The summed E-state index contributed by atoms with van der Waals surface area (Å²) >= 11 is 0. The monoisotopic (exact) mass is 487 g/mol. The molecule has 0 bridgehead atoms. The third kappa shape index (κ3) is 3.88. The van der Waals surface area contributed by atoms with Crippen LogP contribution < -0.4 is 5.73 Å². The molecule has 0 saturated carbocycles. The summed E-state index contributed by atoms with van der Waals surface area (Å²) in [5.74, 6) is 0.982. The van der Waals surface area contributed by atoms with Crippen molar-refractivity contribution in [3.8, 4) is 40.1 Å². The SMILES string of the molecule is Cc1cccc(-c2nnnn2Cc2nc3c(-c4ccncn4)c(-c4ccccc4C#N)nc(N)n3n2)n1. The highest BCUT2D eigenvalue weighted by Gasteiger charge is 2.23. The van der Waals surface area contributed by atoms with Gasteiger partial charge in [0.1, 0.15) is 18.6 Å². The summed E-state index contributed by atoms with van der Waals surface area (Å²) in [5, 5.41) is 26.3. The maximum absolute atomic E-state index is 9.71. The first-order valence-corrected chi connectivity index (χ1v) is 11.1. The minimum Gasteiger partial charge on any atom is -0.368 e. The van der Waals surface area contributed by atoms with Crippen molar-refractivity contribution in [2.45, 2.75) is 13.5 Å². The number of nitrogens with two attached hydrogens (primary N) is 1. The summed E-state index contributed by atoms with van der Waals surface area (Å²) in [5.41, 5.74) is 10.9. The minimum atomic E-state index is 0.103. The van der Waals surface area contributed by atoms with Crippen LogP contribution in [0.2, 0.25) is 0 Å². The van der Waals surface area contributed by atoms with Gasteiger partial charge < -0.3 is 5.73 Å². The molecule has 0 amide bonds.